The van der Waals surface area contributed by atoms with E-state index in [-0.39, 0.29) is 17.1 Å². The van der Waals surface area contributed by atoms with E-state index in [9.17, 15) is 18.0 Å². The maximum Gasteiger partial charge on any atom is 0.416 e. The summed E-state index contributed by atoms with van der Waals surface area (Å²) >= 11 is 1.29. The molecule has 0 aliphatic rings. The molecule has 25 heavy (non-hydrogen) atoms. The SMILES string of the molecule is Cc1cc(-c2ccc(NC(=O)c3cscn3)nn2)ccc1C(F)(F)F. The number of alkyl halides is 3. The van der Waals surface area contributed by atoms with Crippen molar-refractivity contribution in [1.82, 2.24) is 15.2 Å². The molecule has 0 unspecified atom stereocenters. The highest BCUT2D eigenvalue weighted by molar-refractivity contribution is 7.07. The first-order chi connectivity index (χ1) is 11.8. The van der Waals surface area contributed by atoms with Crippen LogP contribution in [-0.4, -0.2) is 21.1 Å². The molecule has 1 amide bonds. The number of carbonyl (C=O) groups is 1. The molecule has 0 aliphatic heterocycles. The van der Waals surface area contributed by atoms with Crippen molar-refractivity contribution in [2.24, 2.45) is 0 Å². The highest BCUT2D eigenvalue weighted by atomic mass is 32.1. The lowest BCUT2D eigenvalue weighted by molar-refractivity contribution is -0.138. The molecule has 128 valence electrons. The summed E-state index contributed by atoms with van der Waals surface area (Å²) in [5.41, 5.74) is 2.15. The van der Waals surface area contributed by atoms with Crippen LogP contribution in [0.4, 0.5) is 19.0 Å². The van der Waals surface area contributed by atoms with Crippen molar-refractivity contribution in [2.75, 3.05) is 5.32 Å². The Hall–Kier alpha value is -2.81. The van der Waals surface area contributed by atoms with Crippen LogP contribution < -0.4 is 5.32 Å². The van der Waals surface area contributed by atoms with Crippen LogP contribution in [0.15, 0.2) is 41.2 Å². The van der Waals surface area contributed by atoms with Crippen molar-refractivity contribution >= 4 is 23.1 Å². The van der Waals surface area contributed by atoms with Crippen molar-refractivity contribution in [3.63, 3.8) is 0 Å². The third-order valence-electron chi connectivity index (χ3n) is 3.40. The number of carbonyl (C=O) groups excluding carboxylic acids is 1. The Bertz CT molecular complexity index is 893. The van der Waals surface area contributed by atoms with Gasteiger partial charge in [0.15, 0.2) is 5.82 Å². The first-order valence-corrected chi connectivity index (χ1v) is 8.00. The number of anilines is 1. The van der Waals surface area contributed by atoms with Crippen LogP contribution in [0, 0.1) is 6.92 Å². The zero-order valence-corrected chi connectivity index (χ0v) is 13.6. The number of aromatic nitrogens is 3. The summed E-state index contributed by atoms with van der Waals surface area (Å²) in [6, 6.07) is 6.86. The van der Waals surface area contributed by atoms with Gasteiger partial charge in [-0.25, -0.2) is 4.98 Å². The second-order valence-electron chi connectivity index (χ2n) is 5.16. The maximum absolute atomic E-state index is 12.8. The first kappa shape index (κ1) is 17.0. The number of hydrogen-bond donors (Lipinski definition) is 1. The van der Waals surface area contributed by atoms with Gasteiger partial charge in [-0.1, -0.05) is 6.07 Å². The molecule has 3 rings (SSSR count). The van der Waals surface area contributed by atoms with Gasteiger partial charge in [0.25, 0.3) is 5.91 Å². The molecular formula is C16H11F3N4OS. The fraction of sp³-hybridized carbons (Fsp3) is 0.125. The highest BCUT2D eigenvalue weighted by Gasteiger charge is 2.32. The maximum atomic E-state index is 12.8. The van der Waals surface area contributed by atoms with Crippen LogP contribution in [0.2, 0.25) is 0 Å². The minimum atomic E-state index is -4.39. The lowest BCUT2D eigenvalue weighted by atomic mass is 10.0. The standard InChI is InChI=1S/C16H11F3N4OS/c1-9-6-10(2-3-11(9)16(17,18)19)12-4-5-14(23-22-12)21-15(24)13-7-25-8-20-13/h2-8H,1H3,(H,21,23,24). The Morgan fingerprint density at radius 2 is 1.96 bits per heavy atom. The average Bonchev–Trinajstić information content (AvgIpc) is 3.09. The molecule has 0 atom stereocenters. The minimum Gasteiger partial charge on any atom is -0.304 e. The van der Waals surface area contributed by atoms with Gasteiger partial charge in [-0.05, 0) is 36.8 Å². The lowest BCUT2D eigenvalue weighted by Gasteiger charge is -2.11. The quantitative estimate of drug-likeness (QED) is 0.757. The molecule has 0 saturated carbocycles. The Morgan fingerprint density at radius 1 is 1.16 bits per heavy atom. The van der Waals surface area contributed by atoms with Gasteiger partial charge in [-0.3, -0.25) is 4.79 Å². The monoisotopic (exact) mass is 364 g/mol. The van der Waals surface area contributed by atoms with Crippen LogP contribution in [0.1, 0.15) is 21.6 Å². The fourth-order valence-electron chi connectivity index (χ4n) is 2.20. The summed E-state index contributed by atoms with van der Waals surface area (Å²) in [6.07, 6.45) is -4.39. The Morgan fingerprint density at radius 3 is 2.52 bits per heavy atom. The summed E-state index contributed by atoms with van der Waals surface area (Å²) in [4.78, 5) is 15.7. The number of thiazole rings is 1. The van der Waals surface area contributed by atoms with Gasteiger partial charge in [-0.2, -0.15) is 13.2 Å². The number of nitrogens with one attached hydrogen (secondary N) is 1. The zero-order chi connectivity index (χ0) is 18.0. The van der Waals surface area contributed by atoms with Gasteiger partial charge in [-0.15, -0.1) is 21.5 Å². The van der Waals surface area contributed by atoms with E-state index in [1.54, 1.807) is 11.4 Å². The molecule has 0 radical (unpaired) electrons. The van der Waals surface area contributed by atoms with Crippen molar-refractivity contribution in [2.45, 2.75) is 13.1 Å². The van der Waals surface area contributed by atoms with E-state index >= 15 is 0 Å². The third-order valence-corrected chi connectivity index (χ3v) is 3.99. The van der Waals surface area contributed by atoms with Crippen molar-refractivity contribution in [3.05, 3.63) is 58.0 Å². The number of nitrogens with zero attached hydrogens (tertiary/aromatic N) is 3. The molecule has 9 heteroatoms. The first-order valence-electron chi connectivity index (χ1n) is 7.06. The normalized spacial score (nSPS) is 11.4. The van der Waals surface area contributed by atoms with E-state index in [0.29, 0.717) is 11.3 Å². The number of benzene rings is 1. The summed E-state index contributed by atoms with van der Waals surface area (Å²) in [5, 5.41) is 12.0. The van der Waals surface area contributed by atoms with Crippen molar-refractivity contribution in [1.29, 1.82) is 0 Å². The van der Waals surface area contributed by atoms with Crippen LogP contribution in [0.3, 0.4) is 0 Å². The molecule has 1 N–H and O–H groups in total. The van der Waals surface area contributed by atoms with E-state index in [1.165, 1.54) is 42.0 Å². The van der Waals surface area contributed by atoms with Crippen LogP contribution in [-0.2, 0) is 6.18 Å². The molecule has 5 nitrogen and oxygen atoms in total. The fourth-order valence-corrected chi connectivity index (χ4v) is 2.73. The molecule has 1 aromatic carbocycles. The van der Waals surface area contributed by atoms with E-state index in [1.807, 2.05) is 0 Å². The minimum absolute atomic E-state index is 0.104. The van der Waals surface area contributed by atoms with Gasteiger partial charge < -0.3 is 5.32 Å². The number of hydrogen-bond acceptors (Lipinski definition) is 5. The number of halogens is 3. The molecule has 0 spiro atoms. The largest absolute Gasteiger partial charge is 0.416 e. The third kappa shape index (κ3) is 3.82. The second kappa shape index (κ2) is 6.60. The number of aryl methyl sites for hydroxylation is 1. The van der Waals surface area contributed by atoms with Gasteiger partial charge in [0.05, 0.1) is 16.8 Å². The Labute approximate surface area is 144 Å². The molecule has 3 aromatic rings. The molecule has 0 aliphatic carbocycles. The van der Waals surface area contributed by atoms with E-state index in [0.717, 1.165) is 6.07 Å². The number of rotatable bonds is 3. The van der Waals surface area contributed by atoms with Crippen LogP contribution in [0.5, 0.6) is 0 Å². The highest BCUT2D eigenvalue weighted by Crippen LogP contribution is 2.33. The summed E-state index contributed by atoms with van der Waals surface area (Å²) in [6.45, 7) is 1.39. The molecule has 0 fully saturated rings. The summed E-state index contributed by atoms with van der Waals surface area (Å²) < 4.78 is 38.4. The summed E-state index contributed by atoms with van der Waals surface area (Å²) in [5.74, 6) is -0.181. The molecular weight excluding hydrogens is 353 g/mol. The average molecular weight is 364 g/mol. The zero-order valence-electron chi connectivity index (χ0n) is 12.8. The van der Waals surface area contributed by atoms with E-state index < -0.39 is 17.6 Å². The topological polar surface area (TPSA) is 67.8 Å². The molecule has 2 aromatic heterocycles. The molecule has 0 bridgehead atoms. The lowest BCUT2D eigenvalue weighted by Crippen LogP contribution is -2.13. The molecule has 0 saturated heterocycles. The van der Waals surface area contributed by atoms with E-state index in [4.69, 9.17) is 0 Å². The number of amides is 1. The summed E-state index contributed by atoms with van der Waals surface area (Å²) in [7, 11) is 0. The predicted octanol–water partition coefficient (Wildman–Crippen LogP) is 4.18. The Balaban J connectivity index is 1.78. The van der Waals surface area contributed by atoms with Crippen molar-refractivity contribution in [3.8, 4) is 11.3 Å². The van der Waals surface area contributed by atoms with Gasteiger partial charge in [0.1, 0.15) is 5.69 Å². The van der Waals surface area contributed by atoms with Gasteiger partial charge in [0.2, 0.25) is 0 Å². The van der Waals surface area contributed by atoms with E-state index in [2.05, 4.69) is 20.5 Å². The molecule has 2 heterocycles. The Kier molecular flexibility index (Phi) is 4.49. The van der Waals surface area contributed by atoms with Crippen LogP contribution in [0.25, 0.3) is 11.3 Å². The second-order valence-corrected chi connectivity index (χ2v) is 5.88. The van der Waals surface area contributed by atoms with Gasteiger partial charge in [0, 0.05) is 10.9 Å². The smallest absolute Gasteiger partial charge is 0.304 e. The predicted molar refractivity (Wildman–Crippen MR) is 87.3 cm³/mol. The van der Waals surface area contributed by atoms with Gasteiger partial charge >= 0.3 is 6.18 Å². The van der Waals surface area contributed by atoms with Crippen LogP contribution >= 0.6 is 11.3 Å². The van der Waals surface area contributed by atoms with Crippen molar-refractivity contribution < 1.29 is 18.0 Å².